The minimum absolute atomic E-state index is 0.0924. The summed E-state index contributed by atoms with van der Waals surface area (Å²) in [6.45, 7) is 5.36. The maximum atomic E-state index is 12.6. The van der Waals surface area contributed by atoms with E-state index in [2.05, 4.69) is 0 Å². The fourth-order valence-electron chi connectivity index (χ4n) is 1.32. The molecule has 0 heterocycles. The lowest BCUT2D eigenvalue weighted by atomic mass is 10.1. The van der Waals surface area contributed by atoms with Crippen molar-refractivity contribution < 1.29 is 17.9 Å². The van der Waals surface area contributed by atoms with Gasteiger partial charge < -0.3 is 10.5 Å². The fraction of sp³-hybridized carbons (Fsp3) is 0.417. The number of halogens is 3. The van der Waals surface area contributed by atoms with Crippen LogP contribution in [0.4, 0.5) is 13.2 Å². The van der Waals surface area contributed by atoms with Crippen LogP contribution in [-0.2, 0) is 6.18 Å². The van der Waals surface area contributed by atoms with Crippen molar-refractivity contribution in [2.24, 2.45) is 5.73 Å². The van der Waals surface area contributed by atoms with Gasteiger partial charge in [-0.1, -0.05) is 12.2 Å². The van der Waals surface area contributed by atoms with Crippen LogP contribution in [0.1, 0.15) is 31.9 Å². The van der Waals surface area contributed by atoms with Gasteiger partial charge in [-0.25, -0.2) is 0 Å². The minimum atomic E-state index is -4.43. The van der Waals surface area contributed by atoms with Gasteiger partial charge in [0.2, 0.25) is 0 Å². The number of ether oxygens (including phenoxy) is 1. The molecule has 0 spiro atoms. The van der Waals surface area contributed by atoms with Crippen LogP contribution in [0.25, 0.3) is 0 Å². The maximum Gasteiger partial charge on any atom is 0.416 e. The molecule has 6 heteroatoms. The highest BCUT2D eigenvalue weighted by Gasteiger charge is 2.31. The highest BCUT2D eigenvalue weighted by atomic mass is 32.1. The van der Waals surface area contributed by atoms with Crippen LogP contribution in [0.3, 0.4) is 0 Å². The third-order valence-electron chi connectivity index (χ3n) is 1.99. The van der Waals surface area contributed by atoms with Gasteiger partial charge in [0.15, 0.2) is 0 Å². The van der Waals surface area contributed by atoms with Crippen LogP contribution < -0.4 is 10.5 Å². The zero-order chi connectivity index (χ0) is 14.1. The number of hydrogen-bond acceptors (Lipinski definition) is 2. The molecule has 0 aliphatic rings. The zero-order valence-electron chi connectivity index (χ0n) is 10.3. The van der Waals surface area contributed by atoms with E-state index < -0.39 is 17.3 Å². The van der Waals surface area contributed by atoms with Gasteiger partial charge in [0.1, 0.15) is 16.3 Å². The lowest BCUT2D eigenvalue weighted by molar-refractivity contribution is -0.137. The Balaban J connectivity index is 3.26. The highest BCUT2D eigenvalue weighted by Crippen LogP contribution is 2.33. The Labute approximate surface area is 109 Å². The summed E-state index contributed by atoms with van der Waals surface area (Å²) in [5.41, 5.74) is 4.18. The molecule has 0 aromatic heterocycles. The predicted molar refractivity (Wildman–Crippen MR) is 67.7 cm³/mol. The Kier molecular flexibility index (Phi) is 3.90. The van der Waals surface area contributed by atoms with E-state index in [4.69, 9.17) is 22.7 Å². The molecule has 0 atom stereocenters. The maximum absolute atomic E-state index is 12.6. The van der Waals surface area contributed by atoms with Crippen molar-refractivity contribution in [3.63, 3.8) is 0 Å². The van der Waals surface area contributed by atoms with Crippen LogP contribution in [0, 0.1) is 0 Å². The Hall–Kier alpha value is -1.30. The van der Waals surface area contributed by atoms with Gasteiger partial charge in [0, 0.05) is 0 Å². The van der Waals surface area contributed by atoms with Crippen molar-refractivity contribution in [3.8, 4) is 5.75 Å². The molecule has 0 saturated carbocycles. The average molecular weight is 277 g/mol. The van der Waals surface area contributed by atoms with Gasteiger partial charge in [-0.15, -0.1) is 0 Å². The SMILES string of the molecule is CC(C)(C)Oc1ccc(C(F)(F)F)cc1C(N)=S. The lowest BCUT2D eigenvalue weighted by Crippen LogP contribution is -2.25. The molecule has 0 aliphatic heterocycles. The molecule has 0 fully saturated rings. The Morgan fingerprint density at radius 1 is 1.22 bits per heavy atom. The first kappa shape index (κ1) is 14.8. The van der Waals surface area contributed by atoms with E-state index in [1.54, 1.807) is 20.8 Å². The van der Waals surface area contributed by atoms with Crippen molar-refractivity contribution in [2.45, 2.75) is 32.5 Å². The Morgan fingerprint density at radius 3 is 2.17 bits per heavy atom. The van der Waals surface area contributed by atoms with Crippen LogP contribution in [-0.4, -0.2) is 10.6 Å². The molecule has 1 aromatic rings. The second kappa shape index (κ2) is 4.76. The second-order valence-corrected chi connectivity index (χ2v) is 5.23. The molecule has 0 bridgehead atoms. The van der Waals surface area contributed by atoms with E-state index in [-0.39, 0.29) is 16.3 Å². The summed E-state index contributed by atoms with van der Waals surface area (Å²) < 4.78 is 43.3. The van der Waals surface area contributed by atoms with E-state index in [0.29, 0.717) is 0 Å². The topological polar surface area (TPSA) is 35.2 Å². The molecule has 1 rings (SSSR count). The van der Waals surface area contributed by atoms with E-state index >= 15 is 0 Å². The molecule has 18 heavy (non-hydrogen) atoms. The molecule has 0 aliphatic carbocycles. The van der Waals surface area contributed by atoms with E-state index in [1.807, 2.05) is 0 Å². The smallest absolute Gasteiger partial charge is 0.416 e. The summed E-state index contributed by atoms with van der Waals surface area (Å²) >= 11 is 4.75. The van der Waals surface area contributed by atoms with Crippen molar-refractivity contribution >= 4 is 17.2 Å². The molecule has 1 aromatic carbocycles. The van der Waals surface area contributed by atoms with E-state index in [9.17, 15) is 13.2 Å². The number of alkyl halides is 3. The number of hydrogen-bond donors (Lipinski definition) is 1. The van der Waals surface area contributed by atoms with Crippen molar-refractivity contribution in [1.29, 1.82) is 0 Å². The molecular weight excluding hydrogens is 263 g/mol. The summed E-state index contributed by atoms with van der Waals surface area (Å²) in [6.07, 6.45) is -4.43. The van der Waals surface area contributed by atoms with Gasteiger partial charge >= 0.3 is 6.18 Å². The van der Waals surface area contributed by atoms with Crippen LogP contribution in [0.2, 0.25) is 0 Å². The minimum Gasteiger partial charge on any atom is -0.487 e. The van der Waals surface area contributed by atoms with Gasteiger partial charge in [-0.05, 0) is 39.0 Å². The van der Waals surface area contributed by atoms with E-state index in [1.165, 1.54) is 6.07 Å². The molecular formula is C12H14F3NOS. The predicted octanol–water partition coefficient (Wildman–Crippen LogP) is 3.52. The first-order valence-electron chi connectivity index (χ1n) is 5.21. The molecule has 0 radical (unpaired) electrons. The van der Waals surface area contributed by atoms with Crippen molar-refractivity contribution in [2.75, 3.05) is 0 Å². The Bertz CT molecular complexity index is 463. The number of benzene rings is 1. The summed E-state index contributed by atoms with van der Waals surface area (Å²) in [6, 6.07) is 3.09. The third-order valence-corrected chi connectivity index (χ3v) is 2.21. The quantitative estimate of drug-likeness (QED) is 0.840. The first-order valence-corrected chi connectivity index (χ1v) is 5.61. The molecule has 2 nitrogen and oxygen atoms in total. The summed E-state index contributed by atoms with van der Waals surface area (Å²) in [5, 5.41) is 0. The third kappa shape index (κ3) is 3.87. The van der Waals surface area contributed by atoms with Crippen LogP contribution >= 0.6 is 12.2 Å². The zero-order valence-corrected chi connectivity index (χ0v) is 11.1. The standard InChI is InChI=1S/C12H14F3NOS/c1-11(2,3)17-9-5-4-7(12(13,14)15)6-8(9)10(16)18/h4-6H,1-3H3,(H2,16,18). The van der Waals surface area contributed by atoms with Gasteiger partial charge in [0.05, 0.1) is 11.1 Å². The summed E-state index contributed by atoms with van der Waals surface area (Å²) in [5.74, 6) is 0.253. The molecule has 2 N–H and O–H groups in total. The number of nitrogens with two attached hydrogens (primary N) is 1. The van der Waals surface area contributed by atoms with Crippen LogP contribution in [0.15, 0.2) is 18.2 Å². The van der Waals surface area contributed by atoms with Crippen molar-refractivity contribution in [1.82, 2.24) is 0 Å². The summed E-state index contributed by atoms with van der Waals surface area (Å²) in [4.78, 5) is -0.125. The Morgan fingerprint density at radius 2 is 1.78 bits per heavy atom. The van der Waals surface area contributed by atoms with Crippen LogP contribution in [0.5, 0.6) is 5.75 Å². The van der Waals surface area contributed by atoms with Gasteiger partial charge in [-0.2, -0.15) is 13.2 Å². The van der Waals surface area contributed by atoms with Crippen molar-refractivity contribution in [3.05, 3.63) is 29.3 Å². The molecule has 0 unspecified atom stereocenters. The molecule has 0 amide bonds. The summed E-state index contributed by atoms with van der Waals surface area (Å²) in [7, 11) is 0. The molecule has 100 valence electrons. The first-order chi connectivity index (χ1) is 8.00. The molecule has 0 saturated heterocycles. The largest absolute Gasteiger partial charge is 0.487 e. The average Bonchev–Trinajstić information content (AvgIpc) is 2.13. The van der Waals surface area contributed by atoms with Gasteiger partial charge in [-0.3, -0.25) is 0 Å². The van der Waals surface area contributed by atoms with E-state index in [0.717, 1.165) is 12.1 Å². The highest BCUT2D eigenvalue weighted by molar-refractivity contribution is 7.80. The normalized spacial score (nSPS) is 12.3. The number of rotatable bonds is 2. The monoisotopic (exact) mass is 277 g/mol. The fourth-order valence-corrected chi connectivity index (χ4v) is 1.48. The number of thiocarbonyl (C=S) groups is 1. The van der Waals surface area contributed by atoms with Gasteiger partial charge in [0.25, 0.3) is 0 Å². The lowest BCUT2D eigenvalue weighted by Gasteiger charge is -2.23. The second-order valence-electron chi connectivity index (χ2n) is 4.79.